The van der Waals surface area contributed by atoms with Crippen molar-refractivity contribution < 1.29 is 0 Å². The molecule has 2 rings (SSSR count). The van der Waals surface area contributed by atoms with Crippen LogP contribution in [0.1, 0.15) is 64.2 Å². The molecule has 92 valence electrons. The maximum Gasteiger partial charge on any atom is -0.0142 e. The number of rotatable bonds is 4. The lowest BCUT2D eigenvalue weighted by molar-refractivity contribution is 0.485. The van der Waals surface area contributed by atoms with Gasteiger partial charge in [0.05, 0.1) is 0 Å². The first-order valence-electron chi connectivity index (χ1n) is 7.28. The molecule has 0 bridgehead atoms. The predicted octanol–water partition coefficient (Wildman–Crippen LogP) is 5.32. The van der Waals surface area contributed by atoms with Gasteiger partial charge in [-0.15, -0.1) is 6.58 Å². The van der Waals surface area contributed by atoms with Crippen LogP contribution in [0.5, 0.6) is 0 Å². The van der Waals surface area contributed by atoms with E-state index >= 15 is 0 Å². The maximum absolute atomic E-state index is 4.01. The Morgan fingerprint density at radius 3 is 1.62 bits per heavy atom. The molecule has 0 atom stereocenters. The minimum Gasteiger partial charge on any atom is -0.103 e. The summed E-state index contributed by atoms with van der Waals surface area (Å²) in [6, 6.07) is 0. The lowest BCUT2D eigenvalue weighted by Crippen LogP contribution is -2.21. The zero-order valence-electron chi connectivity index (χ0n) is 10.7. The van der Waals surface area contributed by atoms with Gasteiger partial charge in [-0.2, -0.15) is 0 Å². The molecule has 2 aliphatic rings. The Hall–Kier alpha value is 0.170. The van der Waals surface area contributed by atoms with E-state index in [1.54, 1.807) is 0 Å². The highest BCUT2D eigenvalue weighted by Gasteiger charge is 2.29. The fraction of sp³-hybridized carbons (Fsp3) is 0.867. The molecule has 0 aromatic carbocycles. The second-order valence-corrected chi connectivity index (χ2v) is 8.42. The van der Waals surface area contributed by atoms with Crippen molar-refractivity contribution in [1.29, 1.82) is 0 Å². The standard InChI is InChI=1S/C15H27P/c1-2-13-16(14-9-5-3-6-10-14)15-11-7-4-8-12-15/h2,14-15H,1,3-13H2. The maximum atomic E-state index is 4.01. The van der Waals surface area contributed by atoms with E-state index in [1.165, 1.54) is 70.4 Å². The van der Waals surface area contributed by atoms with Crippen LogP contribution in [0, 0.1) is 0 Å². The average molecular weight is 238 g/mol. The summed E-state index contributed by atoms with van der Waals surface area (Å²) in [6.45, 7) is 4.01. The molecular formula is C15H27P. The van der Waals surface area contributed by atoms with Crippen LogP contribution in [-0.4, -0.2) is 17.5 Å². The number of hydrogen-bond donors (Lipinski definition) is 0. The fourth-order valence-corrected chi connectivity index (χ4v) is 7.12. The van der Waals surface area contributed by atoms with Crippen molar-refractivity contribution in [2.45, 2.75) is 75.5 Å². The Kier molecular flexibility index (Phi) is 5.36. The van der Waals surface area contributed by atoms with E-state index < -0.39 is 0 Å². The summed E-state index contributed by atoms with van der Waals surface area (Å²) in [6.07, 6.45) is 18.7. The molecule has 0 aliphatic heterocycles. The van der Waals surface area contributed by atoms with Gasteiger partial charge in [0.15, 0.2) is 0 Å². The molecule has 0 saturated heterocycles. The molecule has 2 aliphatic carbocycles. The third-order valence-electron chi connectivity index (χ3n) is 4.43. The molecule has 0 nitrogen and oxygen atoms in total. The first kappa shape index (κ1) is 12.6. The zero-order valence-corrected chi connectivity index (χ0v) is 11.6. The summed E-state index contributed by atoms with van der Waals surface area (Å²) >= 11 is 0. The second-order valence-electron chi connectivity index (χ2n) is 5.57. The molecule has 0 spiro atoms. The van der Waals surface area contributed by atoms with Crippen molar-refractivity contribution in [3.05, 3.63) is 12.7 Å². The van der Waals surface area contributed by atoms with Crippen LogP contribution >= 0.6 is 7.92 Å². The van der Waals surface area contributed by atoms with Crippen molar-refractivity contribution in [1.82, 2.24) is 0 Å². The van der Waals surface area contributed by atoms with Gasteiger partial charge in [-0.25, -0.2) is 0 Å². The Morgan fingerprint density at radius 2 is 1.25 bits per heavy atom. The van der Waals surface area contributed by atoms with Crippen LogP contribution < -0.4 is 0 Å². The number of allylic oxidation sites excluding steroid dienone is 1. The molecular weight excluding hydrogens is 211 g/mol. The van der Waals surface area contributed by atoms with E-state index in [0.29, 0.717) is 0 Å². The molecule has 2 saturated carbocycles. The van der Waals surface area contributed by atoms with Gasteiger partial charge in [-0.1, -0.05) is 52.5 Å². The largest absolute Gasteiger partial charge is 0.103 e. The van der Waals surface area contributed by atoms with E-state index in [4.69, 9.17) is 0 Å². The summed E-state index contributed by atoms with van der Waals surface area (Å²) in [5.41, 5.74) is 2.20. The summed E-state index contributed by atoms with van der Waals surface area (Å²) in [4.78, 5) is 0. The zero-order chi connectivity index (χ0) is 11.2. The summed E-state index contributed by atoms with van der Waals surface area (Å²) in [5.74, 6) is 0. The highest BCUT2D eigenvalue weighted by molar-refractivity contribution is 7.59. The Labute approximate surface area is 103 Å². The van der Waals surface area contributed by atoms with E-state index in [-0.39, 0.29) is 7.92 Å². The van der Waals surface area contributed by atoms with E-state index in [1.807, 2.05) is 0 Å². The average Bonchev–Trinajstić information content (AvgIpc) is 2.38. The van der Waals surface area contributed by atoms with Gasteiger partial charge in [0.25, 0.3) is 0 Å². The minimum atomic E-state index is 0.285. The van der Waals surface area contributed by atoms with Crippen LogP contribution in [0.25, 0.3) is 0 Å². The van der Waals surface area contributed by atoms with E-state index in [0.717, 1.165) is 11.3 Å². The van der Waals surface area contributed by atoms with Crippen LogP contribution in [-0.2, 0) is 0 Å². The minimum absolute atomic E-state index is 0.285. The van der Waals surface area contributed by atoms with Gasteiger partial charge in [0.1, 0.15) is 0 Å². The van der Waals surface area contributed by atoms with Gasteiger partial charge in [-0.3, -0.25) is 0 Å². The number of hydrogen-bond acceptors (Lipinski definition) is 0. The monoisotopic (exact) mass is 238 g/mol. The van der Waals surface area contributed by atoms with Crippen molar-refractivity contribution in [3.8, 4) is 0 Å². The van der Waals surface area contributed by atoms with Crippen LogP contribution in [0.15, 0.2) is 12.7 Å². The molecule has 0 radical (unpaired) electrons. The molecule has 0 aromatic rings. The quantitative estimate of drug-likeness (QED) is 0.459. The molecule has 0 N–H and O–H groups in total. The smallest absolute Gasteiger partial charge is 0.0142 e. The third-order valence-corrected chi connectivity index (χ3v) is 8.02. The molecule has 0 heterocycles. The molecule has 2 fully saturated rings. The third kappa shape index (κ3) is 3.33. The molecule has 16 heavy (non-hydrogen) atoms. The summed E-state index contributed by atoms with van der Waals surface area (Å²) in [7, 11) is 0.285. The van der Waals surface area contributed by atoms with Gasteiger partial charge < -0.3 is 0 Å². The Balaban J connectivity index is 1.93. The highest BCUT2D eigenvalue weighted by atomic mass is 31.1. The van der Waals surface area contributed by atoms with Crippen LogP contribution in [0.4, 0.5) is 0 Å². The molecule has 1 heteroatoms. The van der Waals surface area contributed by atoms with Crippen LogP contribution in [0.3, 0.4) is 0 Å². The SMILES string of the molecule is C=CCP(C1CCCCC1)C1CCCCC1. The van der Waals surface area contributed by atoms with E-state index in [9.17, 15) is 0 Å². The first-order chi connectivity index (χ1) is 7.92. The Morgan fingerprint density at radius 1 is 0.812 bits per heavy atom. The molecule has 0 unspecified atom stereocenters. The second kappa shape index (κ2) is 6.80. The molecule has 0 aromatic heterocycles. The van der Waals surface area contributed by atoms with Gasteiger partial charge >= 0.3 is 0 Å². The normalized spacial score (nSPS) is 24.8. The summed E-state index contributed by atoms with van der Waals surface area (Å²) in [5, 5.41) is 0. The predicted molar refractivity (Wildman–Crippen MR) is 75.7 cm³/mol. The topological polar surface area (TPSA) is 0 Å². The first-order valence-corrected chi connectivity index (χ1v) is 8.95. The van der Waals surface area contributed by atoms with Crippen molar-refractivity contribution in [2.24, 2.45) is 0 Å². The Bertz CT molecular complexity index is 181. The summed E-state index contributed by atoms with van der Waals surface area (Å²) < 4.78 is 0. The van der Waals surface area contributed by atoms with Gasteiger partial charge in [0.2, 0.25) is 0 Å². The van der Waals surface area contributed by atoms with Crippen LogP contribution in [0.2, 0.25) is 0 Å². The molecule has 0 amide bonds. The van der Waals surface area contributed by atoms with E-state index in [2.05, 4.69) is 12.7 Å². The van der Waals surface area contributed by atoms with Crippen molar-refractivity contribution in [3.63, 3.8) is 0 Å². The fourth-order valence-electron chi connectivity index (χ4n) is 3.57. The lowest BCUT2D eigenvalue weighted by atomic mass is 9.99. The highest BCUT2D eigenvalue weighted by Crippen LogP contribution is 2.55. The lowest BCUT2D eigenvalue weighted by Gasteiger charge is -2.38. The van der Waals surface area contributed by atoms with Crippen molar-refractivity contribution in [2.75, 3.05) is 6.16 Å². The van der Waals surface area contributed by atoms with Gasteiger partial charge in [-0.05, 0) is 43.2 Å². The van der Waals surface area contributed by atoms with Gasteiger partial charge in [0, 0.05) is 0 Å². The van der Waals surface area contributed by atoms with Crippen molar-refractivity contribution >= 4 is 7.92 Å².